The Morgan fingerprint density at radius 2 is 1.76 bits per heavy atom. The highest BCUT2D eigenvalue weighted by Gasteiger charge is 2.64. The number of nitrogens with two attached hydrogens (primary N) is 1. The third-order valence-corrected chi connectivity index (χ3v) is 7.37. The molecule has 200 valence electrons. The highest BCUT2D eigenvalue weighted by Crippen LogP contribution is 2.53. The van der Waals surface area contributed by atoms with Crippen molar-refractivity contribution in [2.75, 3.05) is 14.1 Å². The van der Waals surface area contributed by atoms with Crippen LogP contribution in [0, 0.1) is 11.8 Å². The van der Waals surface area contributed by atoms with Gasteiger partial charge < -0.3 is 36.8 Å². The highest BCUT2D eigenvalue weighted by molar-refractivity contribution is 6.24. The lowest BCUT2D eigenvalue weighted by molar-refractivity contribution is -0.153. The lowest BCUT2D eigenvalue weighted by Gasteiger charge is -2.50. The minimum atomic E-state index is -2.73. The van der Waals surface area contributed by atoms with Gasteiger partial charge in [0.15, 0.2) is 11.4 Å². The number of amides is 3. The van der Waals surface area contributed by atoms with E-state index < -0.39 is 63.8 Å². The van der Waals surface area contributed by atoms with E-state index in [0.29, 0.717) is 23.9 Å². The first-order valence-corrected chi connectivity index (χ1v) is 11.5. The number of phenols is 1. The Morgan fingerprint density at radius 3 is 2.32 bits per heavy atom. The van der Waals surface area contributed by atoms with E-state index in [9.17, 15) is 44.4 Å². The number of benzene rings is 1. The number of Topliss-reactive ketones (excluding diaryl/α,β-unsaturated/α-hetero) is 2. The molecule has 0 unspecified atom stereocenters. The molecule has 1 saturated carbocycles. The maximum atomic E-state index is 13.8. The second-order valence-corrected chi connectivity index (χ2v) is 9.57. The largest absolute Gasteiger partial charge is 0.508 e. The lowest BCUT2D eigenvalue weighted by atomic mass is 9.57. The van der Waals surface area contributed by atoms with Gasteiger partial charge in [0.2, 0.25) is 18.6 Å². The first kappa shape index (κ1) is 26.6. The molecule has 0 saturated heterocycles. The maximum Gasteiger partial charge on any atom is 0.255 e. The van der Waals surface area contributed by atoms with Gasteiger partial charge in [-0.1, -0.05) is 6.07 Å². The summed E-state index contributed by atoms with van der Waals surface area (Å²) in [6.45, 7) is 0. The van der Waals surface area contributed by atoms with Crippen LogP contribution in [0.3, 0.4) is 0 Å². The normalized spacial score (nSPS) is 26.3. The van der Waals surface area contributed by atoms with Crippen molar-refractivity contribution in [2.24, 2.45) is 17.6 Å². The Kier molecular flexibility index (Phi) is 6.59. The Hall–Kier alpha value is -4.49. The van der Waals surface area contributed by atoms with Crippen molar-refractivity contribution in [1.82, 2.24) is 15.5 Å². The molecule has 0 radical (unpaired) electrons. The van der Waals surface area contributed by atoms with Crippen molar-refractivity contribution >= 4 is 42.1 Å². The van der Waals surface area contributed by atoms with Crippen molar-refractivity contribution in [1.29, 1.82) is 0 Å². The number of aliphatic hydroxyl groups is 3. The second-order valence-electron chi connectivity index (χ2n) is 9.57. The van der Waals surface area contributed by atoms with E-state index in [4.69, 9.17) is 5.73 Å². The van der Waals surface area contributed by atoms with E-state index in [-0.39, 0.29) is 29.8 Å². The van der Waals surface area contributed by atoms with E-state index in [1.807, 2.05) is 0 Å². The smallest absolute Gasteiger partial charge is 0.255 e. The van der Waals surface area contributed by atoms with Gasteiger partial charge in [-0.15, -0.1) is 0 Å². The highest BCUT2D eigenvalue weighted by atomic mass is 16.3. The molecular formula is C25H26N4O9. The molecule has 1 aromatic rings. The van der Waals surface area contributed by atoms with E-state index in [0.717, 1.165) is 0 Å². The molecule has 0 spiro atoms. The van der Waals surface area contributed by atoms with Crippen molar-refractivity contribution in [3.05, 3.63) is 51.5 Å². The van der Waals surface area contributed by atoms with Crippen molar-refractivity contribution in [3.63, 3.8) is 0 Å². The number of aromatic hydroxyl groups is 1. The summed E-state index contributed by atoms with van der Waals surface area (Å²) in [6.07, 6.45) is 2.04. The van der Waals surface area contributed by atoms with Gasteiger partial charge in [-0.2, -0.15) is 0 Å². The zero-order chi connectivity index (χ0) is 28.1. The number of hydrogen-bond donors (Lipinski definition) is 7. The number of primary amides is 1. The van der Waals surface area contributed by atoms with Crippen LogP contribution in [0.5, 0.6) is 5.75 Å². The Labute approximate surface area is 215 Å². The number of likely N-dealkylation sites (N-methyl/N-ethyl adjacent to an activating group) is 1. The van der Waals surface area contributed by atoms with Crippen LogP contribution >= 0.6 is 0 Å². The third kappa shape index (κ3) is 3.74. The monoisotopic (exact) mass is 526 g/mol. The lowest BCUT2D eigenvalue weighted by Crippen LogP contribution is -2.65. The van der Waals surface area contributed by atoms with Crippen LogP contribution in [-0.4, -0.2) is 81.4 Å². The maximum absolute atomic E-state index is 13.8. The number of phenolic OH excluding ortho intramolecular Hbond substituents is 1. The molecule has 13 heteroatoms. The van der Waals surface area contributed by atoms with E-state index in [1.165, 1.54) is 37.2 Å². The molecule has 3 aliphatic carbocycles. The molecule has 38 heavy (non-hydrogen) atoms. The molecule has 4 rings (SSSR count). The number of carbonyl (C=O) groups is 5. The van der Waals surface area contributed by atoms with Crippen LogP contribution in [-0.2, 0) is 30.4 Å². The molecule has 1 fully saturated rings. The van der Waals surface area contributed by atoms with Crippen LogP contribution in [0.1, 0.15) is 23.1 Å². The zero-order valence-electron chi connectivity index (χ0n) is 20.4. The van der Waals surface area contributed by atoms with Gasteiger partial charge in [0, 0.05) is 11.5 Å². The SMILES string of the molecule is CN(C)[C@@H]1C(=O)C(C(N)=O)=C(O)[C@@]2(O)C(=O)C3=C(O)c4c(O)ccc(C=C(NC=O)NC=O)c4C[C@H]3C[C@@H]12. The molecule has 0 aromatic heterocycles. The predicted octanol–water partition coefficient (Wildman–Crippen LogP) is -1.25. The second kappa shape index (κ2) is 9.43. The molecule has 3 amide bonds. The summed E-state index contributed by atoms with van der Waals surface area (Å²) in [5, 5.41) is 48.9. The van der Waals surface area contributed by atoms with Crippen LogP contribution < -0.4 is 16.4 Å². The van der Waals surface area contributed by atoms with Gasteiger partial charge in [0.05, 0.1) is 11.6 Å². The van der Waals surface area contributed by atoms with Crippen molar-refractivity contribution in [3.8, 4) is 5.75 Å². The van der Waals surface area contributed by atoms with Crippen molar-refractivity contribution in [2.45, 2.75) is 24.5 Å². The molecule has 0 aliphatic heterocycles. The first-order valence-electron chi connectivity index (χ1n) is 11.5. The quantitative estimate of drug-likeness (QED) is 0.165. The molecule has 3 aliphatic rings. The number of aliphatic hydroxyl groups excluding tert-OH is 2. The van der Waals surface area contributed by atoms with Crippen LogP contribution in [0.15, 0.2) is 34.9 Å². The Bertz CT molecular complexity index is 1360. The number of hydrogen-bond acceptors (Lipinski definition) is 10. The Morgan fingerprint density at radius 1 is 1.13 bits per heavy atom. The molecule has 4 atom stereocenters. The Balaban J connectivity index is 1.95. The number of carbonyl (C=O) groups excluding carboxylic acids is 5. The third-order valence-electron chi connectivity index (χ3n) is 7.37. The van der Waals surface area contributed by atoms with Gasteiger partial charge in [-0.3, -0.25) is 28.9 Å². The zero-order valence-corrected chi connectivity index (χ0v) is 20.4. The molecule has 8 N–H and O–H groups in total. The van der Waals surface area contributed by atoms with Gasteiger partial charge in [0.1, 0.15) is 28.7 Å². The number of nitrogens with zero attached hydrogens (tertiary/aromatic N) is 1. The average Bonchev–Trinajstić information content (AvgIpc) is 2.83. The minimum Gasteiger partial charge on any atom is -0.508 e. The van der Waals surface area contributed by atoms with Crippen LogP contribution in [0.4, 0.5) is 0 Å². The summed E-state index contributed by atoms with van der Waals surface area (Å²) in [4.78, 5) is 62.2. The van der Waals surface area contributed by atoms with Crippen LogP contribution in [0.2, 0.25) is 0 Å². The van der Waals surface area contributed by atoms with Gasteiger partial charge in [0.25, 0.3) is 5.91 Å². The van der Waals surface area contributed by atoms with E-state index in [2.05, 4.69) is 10.6 Å². The topological polar surface area (TPSA) is 220 Å². The summed E-state index contributed by atoms with van der Waals surface area (Å²) in [5.41, 5.74) is 2.04. The van der Waals surface area contributed by atoms with Crippen molar-refractivity contribution < 1.29 is 44.4 Å². The summed E-state index contributed by atoms with van der Waals surface area (Å²) in [5.74, 6) is -7.46. The minimum absolute atomic E-state index is 0.00541. The van der Waals surface area contributed by atoms with E-state index >= 15 is 0 Å². The van der Waals surface area contributed by atoms with Gasteiger partial charge in [-0.05, 0) is 56.1 Å². The summed E-state index contributed by atoms with van der Waals surface area (Å²) in [6, 6.07) is 1.51. The van der Waals surface area contributed by atoms with Gasteiger partial charge in [-0.25, -0.2) is 0 Å². The summed E-state index contributed by atoms with van der Waals surface area (Å²) < 4.78 is 0. The molecule has 13 nitrogen and oxygen atoms in total. The fourth-order valence-electron chi connectivity index (χ4n) is 5.81. The predicted molar refractivity (Wildman–Crippen MR) is 131 cm³/mol. The number of fused-ring (bicyclic) bond motifs is 3. The fraction of sp³-hybridized carbons (Fsp3) is 0.320. The van der Waals surface area contributed by atoms with Crippen LogP contribution in [0.25, 0.3) is 11.8 Å². The average molecular weight is 527 g/mol. The number of rotatable bonds is 7. The fourth-order valence-corrected chi connectivity index (χ4v) is 5.81. The first-order chi connectivity index (χ1) is 17.9. The number of nitrogens with one attached hydrogen (secondary N) is 2. The molecule has 1 aromatic carbocycles. The summed E-state index contributed by atoms with van der Waals surface area (Å²) in [7, 11) is 3.02. The summed E-state index contributed by atoms with van der Waals surface area (Å²) >= 11 is 0. The molecular weight excluding hydrogens is 500 g/mol. The molecule has 0 heterocycles. The molecule has 0 bridgehead atoms. The van der Waals surface area contributed by atoms with Gasteiger partial charge >= 0.3 is 0 Å². The van der Waals surface area contributed by atoms with E-state index in [1.54, 1.807) is 0 Å². The number of ketones is 2. The standard InChI is InChI=1S/C25H26N4O9/c1-29(2)19-13-6-11-5-12-10(7-15(27-8-30)28-9-31)3-4-14(32)17(12)20(33)16(11)22(35)25(13,38)23(36)18(21(19)34)24(26)37/h3-4,7-9,11,13,19,32-33,36,38H,5-6H2,1-2H3,(H2,26,37)(H,27,30)(H,28,31)/t11-,13-,19-,25-/m0/s1.